The summed E-state index contributed by atoms with van der Waals surface area (Å²) >= 11 is 1.11. The van der Waals surface area contributed by atoms with Crippen LogP contribution in [0.15, 0.2) is 82.4 Å². The van der Waals surface area contributed by atoms with Gasteiger partial charge in [0, 0.05) is 48.7 Å². The number of aromatic nitrogens is 2. The lowest BCUT2D eigenvalue weighted by molar-refractivity contribution is -0.113. The number of amides is 2. The zero-order chi connectivity index (χ0) is 26.5. The number of anilines is 2. The van der Waals surface area contributed by atoms with E-state index in [4.69, 9.17) is 4.42 Å². The Bertz CT molecular complexity index is 1400. The average Bonchev–Trinajstić information content (AvgIpc) is 3.42. The van der Waals surface area contributed by atoms with Gasteiger partial charge in [-0.2, -0.15) is 0 Å². The molecule has 2 heterocycles. The van der Waals surface area contributed by atoms with Crippen molar-refractivity contribution in [1.82, 2.24) is 15.1 Å². The summed E-state index contributed by atoms with van der Waals surface area (Å²) < 4.78 is 31.7. The van der Waals surface area contributed by atoms with Crippen LogP contribution in [0, 0.1) is 11.6 Å². The first-order valence-electron chi connectivity index (χ1n) is 11.9. The van der Waals surface area contributed by atoms with E-state index in [1.165, 1.54) is 36.4 Å². The topological polar surface area (TPSA) is 91.6 Å². The molecule has 0 radical (unpaired) electrons. The Balaban J connectivity index is 1.08. The third kappa shape index (κ3) is 6.17. The van der Waals surface area contributed by atoms with Gasteiger partial charge in [-0.1, -0.05) is 11.8 Å². The molecule has 38 heavy (non-hydrogen) atoms. The lowest BCUT2D eigenvalue weighted by Gasteiger charge is -2.36. The molecule has 1 aromatic heterocycles. The van der Waals surface area contributed by atoms with E-state index < -0.39 is 0 Å². The van der Waals surface area contributed by atoms with Crippen LogP contribution in [-0.4, -0.2) is 58.8 Å². The van der Waals surface area contributed by atoms with Gasteiger partial charge in [0.2, 0.25) is 11.8 Å². The molecule has 0 spiro atoms. The summed E-state index contributed by atoms with van der Waals surface area (Å²) in [5, 5.41) is 10.9. The van der Waals surface area contributed by atoms with Gasteiger partial charge < -0.3 is 19.5 Å². The number of halogens is 2. The van der Waals surface area contributed by atoms with Crippen LogP contribution in [0.5, 0.6) is 0 Å². The fourth-order valence-corrected chi connectivity index (χ4v) is 4.56. The summed E-state index contributed by atoms with van der Waals surface area (Å²) in [6, 6.07) is 18.8. The van der Waals surface area contributed by atoms with Gasteiger partial charge in [0.05, 0.1) is 5.75 Å². The molecule has 0 aliphatic carbocycles. The Morgan fingerprint density at radius 2 is 1.47 bits per heavy atom. The molecule has 1 fully saturated rings. The molecule has 3 aromatic carbocycles. The number of hydrogen-bond acceptors (Lipinski definition) is 7. The number of piperazine rings is 1. The number of benzene rings is 3. The summed E-state index contributed by atoms with van der Waals surface area (Å²) in [6.45, 7) is 2.45. The molecule has 1 aliphatic heterocycles. The highest BCUT2D eigenvalue weighted by Gasteiger charge is 2.22. The minimum atomic E-state index is -0.367. The van der Waals surface area contributed by atoms with E-state index in [-0.39, 0.29) is 40.3 Å². The van der Waals surface area contributed by atoms with Crippen LogP contribution in [0.1, 0.15) is 10.4 Å². The molecule has 1 aliphatic rings. The van der Waals surface area contributed by atoms with E-state index >= 15 is 0 Å². The highest BCUT2D eigenvalue weighted by atomic mass is 32.2. The van der Waals surface area contributed by atoms with Crippen molar-refractivity contribution in [2.24, 2.45) is 0 Å². The van der Waals surface area contributed by atoms with Crippen LogP contribution in [-0.2, 0) is 4.79 Å². The van der Waals surface area contributed by atoms with Crippen LogP contribution >= 0.6 is 11.8 Å². The first-order valence-corrected chi connectivity index (χ1v) is 12.8. The molecule has 8 nitrogen and oxygen atoms in total. The number of hydrogen-bond donors (Lipinski definition) is 1. The summed E-state index contributed by atoms with van der Waals surface area (Å²) in [5.41, 5.74) is 2.72. The van der Waals surface area contributed by atoms with E-state index in [1.807, 2.05) is 24.3 Å². The van der Waals surface area contributed by atoms with Crippen LogP contribution in [0.4, 0.5) is 20.2 Å². The highest BCUT2D eigenvalue weighted by molar-refractivity contribution is 7.99. The van der Waals surface area contributed by atoms with Crippen molar-refractivity contribution in [3.05, 3.63) is 90.0 Å². The number of nitrogens with zero attached hydrogens (tertiary/aromatic N) is 4. The minimum absolute atomic E-state index is 0.0802. The Hall–Kier alpha value is -4.25. The maximum absolute atomic E-state index is 13.1. The Morgan fingerprint density at radius 1 is 0.842 bits per heavy atom. The predicted octanol–water partition coefficient (Wildman–Crippen LogP) is 4.71. The largest absolute Gasteiger partial charge is 0.411 e. The van der Waals surface area contributed by atoms with Gasteiger partial charge in [0.25, 0.3) is 11.1 Å². The van der Waals surface area contributed by atoms with E-state index in [0.29, 0.717) is 43.0 Å². The molecule has 0 bridgehead atoms. The standard InChI is InChI=1S/C27H23F2N5O3S/c28-20-5-1-18(2-6-20)25-31-32-27(37-25)38-17-24(35)30-22-9-11-23(12-10-22)33-13-15-34(16-14-33)26(36)19-3-7-21(29)8-4-19/h1-12H,13-17H2,(H,30,35). The van der Waals surface area contributed by atoms with Crippen molar-refractivity contribution >= 4 is 35.0 Å². The SMILES string of the molecule is O=C(CSc1nnc(-c2ccc(F)cc2)o1)Nc1ccc(N2CCN(C(=O)c3ccc(F)cc3)CC2)cc1. The number of carbonyl (C=O) groups excluding carboxylic acids is 2. The third-order valence-electron chi connectivity index (χ3n) is 6.00. The van der Waals surface area contributed by atoms with E-state index in [0.717, 1.165) is 17.4 Å². The van der Waals surface area contributed by atoms with Gasteiger partial charge in [0.15, 0.2) is 0 Å². The third-order valence-corrected chi connectivity index (χ3v) is 6.82. The second-order valence-electron chi connectivity index (χ2n) is 8.55. The first-order chi connectivity index (χ1) is 18.4. The number of rotatable bonds is 7. The number of thioether (sulfide) groups is 1. The van der Waals surface area contributed by atoms with Crippen molar-refractivity contribution in [3.8, 4) is 11.5 Å². The van der Waals surface area contributed by atoms with Crippen LogP contribution in [0.2, 0.25) is 0 Å². The van der Waals surface area contributed by atoms with Gasteiger partial charge in [-0.05, 0) is 72.8 Å². The van der Waals surface area contributed by atoms with E-state index in [1.54, 1.807) is 17.0 Å². The molecule has 0 saturated carbocycles. The fourth-order valence-electron chi connectivity index (χ4n) is 4.00. The molecule has 11 heteroatoms. The molecule has 0 atom stereocenters. The molecule has 0 unspecified atom stereocenters. The van der Waals surface area contributed by atoms with Crippen molar-refractivity contribution in [2.75, 3.05) is 42.1 Å². The zero-order valence-corrected chi connectivity index (χ0v) is 21.0. The van der Waals surface area contributed by atoms with Gasteiger partial charge in [-0.25, -0.2) is 8.78 Å². The monoisotopic (exact) mass is 535 g/mol. The Labute approximate surface area is 221 Å². The van der Waals surface area contributed by atoms with Gasteiger partial charge in [0.1, 0.15) is 11.6 Å². The molecular weight excluding hydrogens is 512 g/mol. The molecule has 1 N–H and O–H groups in total. The van der Waals surface area contributed by atoms with Crippen molar-refractivity contribution < 1.29 is 22.8 Å². The maximum atomic E-state index is 13.1. The van der Waals surface area contributed by atoms with Gasteiger partial charge in [-0.15, -0.1) is 10.2 Å². The molecule has 1 saturated heterocycles. The Kier molecular flexibility index (Phi) is 7.64. The van der Waals surface area contributed by atoms with Crippen LogP contribution < -0.4 is 10.2 Å². The van der Waals surface area contributed by atoms with Crippen molar-refractivity contribution in [3.63, 3.8) is 0 Å². The van der Waals surface area contributed by atoms with Crippen LogP contribution in [0.3, 0.4) is 0 Å². The fraction of sp³-hybridized carbons (Fsp3) is 0.185. The predicted molar refractivity (Wildman–Crippen MR) is 140 cm³/mol. The van der Waals surface area contributed by atoms with Crippen LogP contribution in [0.25, 0.3) is 11.5 Å². The molecule has 4 aromatic rings. The summed E-state index contributed by atoms with van der Waals surface area (Å²) in [5.74, 6) is -0.718. The lowest BCUT2D eigenvalue weighted by Crippen LogP contribution is -2.48. The normalized spacial score (nSPS) is 13.4. The first kappa shape index (κ1) is 25.4. The molecule has 2 amide bonds. The number of nitrogens with one attached hydrogen (secondary N) is 1. The Morgan fingerprint density at radius 3 is 2.13 bits per heavy atom. The van der Waals surface area contributed by atoms with E-state index in [9.17, 15) is 18.4 Å². The van der Waals surface area contributed by atoms with Crippen molar-refractivity contribution in [1.29, 1.82) is 0 Å². The van der Waals surface area contributed by atoms with Gasteiger partial charge in [-0.3, -0.25) is 9.59 Å². The van der Waals surface area contributed by atoms with Gasteiger partial charge >= 0.3 is 0 Å². The smallest absolute Gasteiger partial charge is 0.277 e. The second-order valence-corrected chi connectivity index (χ2v) is 9.48. The summed E-state index contributed by atoms with van der Waals surface area (Å²) in [4.78, 5) is 29.0. The maximum Gasteiger partial charge on any atom is 0.277 e. The summed E-state index contributed by atoms with van der Waals surface area (Å²) in [6.07, 6.45) is 0. The van der Waals surface area contributed by atoms with Crippen molar-refractivity contribution in [2.45, 2.75) is 5.22 Å². The average molecular weight is 536 g/mol. The molecule has 194 valence electrons. The number of carbonyl (C=O) groups is 2. The minimum Gasteiger partial charge on any atom is -0.411 e. The highest BCUT2D eigenvalue weighted by Crippen LogP contribution is 2.24. The van der Waals surface area contributed by atoms with E-state index in [2.05, 4.69) is 20.4 Å². The molecular formula is C27H23F2N5O3S. The lowest BCUT2D eigenvalue weighted by atomic mass is 10.1. The second kappa shape index (κ2) is 11.4. The molecule has 5 rings (SSSR count). The zero-order valence-electron chi connectivity index (χ0n) is 20.1. The quantitative estimate of drug-likeness (QED) is 0.343. The summed E-state index contributed by atoms with van der Waals surface area (Å²) in [7, 11) is 0.